The molecule has 2 amide bonds. The third kappa shape index (κ3) is 1.42. The van der Waals surface area contributed by atoms with Crippen molar-refractivity contribution in [3.63, 3.8) is 0 Å². The lowest BCUT2D eigenvalue weighted by atomic mass is 10.7. The van der Waals surface area contributed by atoms with Gasteiger partial charge < -0.3 is 5.73 Å². The van der Waals surface area contributed by atoms with Crippen LogP contribution in [-0.2, 0) is 0 Å². The van der Waals surface area contributed by atoms with E-state index < -0.39 is 10.8 Å². The quantitative estimate of drug-likeness (QED) is 0.405. The average Bonchev–Trinajstić information content (AvgIpc) is 2.12. The van der Waals surface area contributed by atoms with Crippen molar-refractivity contribution in [2.45, 2.75) is 0 Å². The highest BCUT2D eigenvalue weighted by Crippen LogP contribution is 1.97. The second-order valence-electron chi connectivity index (χ2n) is 2.05. The predicted molar refractivity (Wildman–Crippen MR) is 33.0 cm³/mol. The van der Waals surface area contributed by atoms with Crippen molar-refractivity contribution in [2.24, 2.45) is 10.7 Å². The van der Waals surface area contributed by atoms with Crippen molar-refractivity contribution in [3.8, 4) is 0 Å². The maximum Gasteiger partial charge on any atom is 0.359 e. The number of aliphatic imine (C=N–C) groups is 1. The van der Waals surface area contributed by atoms with Gasteiger partial charge in [0, 0.05) is 0 Å². The first-order chi connectivity index (χ1) is 4.62. The molecule has 1 rings (SSSR count). The number of hydrogen-bond acceptors (Lipinski definition) is 3. The number of rotatable bonds is 1. The van der Waals surface area contributed by atoms with Crippen LogP contribution in [0.3, 0.4) is 0 Å². The van der Waals surface area contributed by atoms with E-state index in [1.807, 2.05) is 0 Å². The van der Waals surface area contributed by atoms with Gasteiger partial charge in [-0.05, 0) is 4.76 Å². The molecule has 0 aliphatic carbocycles. The Labute approximate surface area is 57.5 Å². The Morgan fingerprint density at radius 2 is 2.60 bits per heavy atom. The molecule has 0 fully saturated rings. The molecule has 1 unspecified atom stereocenters. The summed E-state index contributed by atoms with van der Waals surface area (Å²) in [6.07, 6.45) is 1.23. The smallest absolute Gasteiger partial charge is 0.348 e. The molecule has 1 aliphatic heterocycles. The van der Waals surface area contributed by atoms with Crippen LogP contribution in [0.2, 0.25) is 0 Å². The molecule has 56 valence electrons. The van der Waals surface area contributed by atoms with E-state index in [4.69, 9.17) is 5.73 Å². The number of quaternary nitrogens is 1. The lowest BCUT2D eigenvalue weighted by Gasteiger charge is -2.17. The molecular weight excluding hydrogens is 136 g/mol. The van der Waals surface area contributed by atoms with E-state index >= 15 is 0 Å². The molecule has 4 N–H and O–H groups in total. The Balaban J connectivity index is 2.52. The average molecular weight is 145 g/mol. The van der Waals surface area contributed by atoms with E-state index in [1.165, 1.54) is 6.34 Å². The van der Waals surface area contributed by atoms with Gasteiger partial charge in [0.25, 0.3) is 0 Å². The second kappa shape index (κ2) is 2.24. The van der Waals surface area contributed by atoms with Crippen LogP contribution in [0.15, 0.2) is 4.99 Å². The van der Waals surface area contributed by atoms with Crippen LogP contribution in [0, 0.1) is 0 Å². The van der Waals surface area contributed by atoms with E-state index in [-0.39, 0.29) is 0 Å². The standard InChI is InChI=1S/C4H8N4O2/c5-4(9)7-8(10)2-1-6-3-8/h3,10H,1-2H2,(H2-,5,7,9)/p+1. The highest BCUT2D eigenvalue weighted by Gasteiger charge is 2.29. The molecular formula is C4H9N4O2+. The monoisotopic (exact) mass is 145 g/mol. The van der Waals surface area contributed by atoms with Gasteiger partial charge in [-0.2, -0.15) is 5.21 Å². The Kier molecular flexibility index (Phi) is 1.56. The van der Waals surface area contributed by atoms with Gasteiger partial charge in [-0.15, -0.1) is 5.43 Å². The SMILES string of the molecule is NC(=O)N[N+]1(O)C=NCC1. The van der Waals surface area contributed by atoms with Crippen LogP contribution >= 0.6 is 0 Å². The zero-order valence-corrected chi connectivity index (χ0v) is 5.32. The van der Waals surface area contributed by atoms with Crippen molar-refractivity contribution in [1.82, 2.24) is 5.43 Å². The molecule has 6 nitrogen and oxygen atoms in total. The van der Waals surface area contributed by atoms with Gasteiger partial charge in [0.15, 0.2) is 6.54 Å². The van der Waals surface area contributed by atoms with E-state index in [0.29, 0.717) is 13.1 Å². The topological polar surface area (TPSA) is 87.7 Å². The van der Waals surface area contributed by atoms with Crippen LogP contribution in [-0.4, -0.2) is 35.4 Å². The number of nitrogens with zero attached hydrogens (tertiary/aromatic N) is 2. The third-order valence-corrected chi connectivity index (χ3v) is 1.15. The number of hydroxylamine groups is 2. The van der Waals surface area contributed by atoms with Crippen LogP contribution in [0.1, 0.15) is 0 Å². The fourth-order valence-corrected chi connectivity index (χ4v) is 0.736. The normalized spacial score (nSPS) is 30.5. The number of amides is 2. The molecule has 0 spiro atoms. The lowest BCUT2D eigenvalue weighted by Crippen LogP contribution is -2.57. The summed E-state index contributed by atoms with van der Waals surface area (Å²) >= 11 is 0. The van der Waals surface area contributed by atoms with Gasteiger partial charge in [0.2, 0.25) is 6.34 Å². The highest BCUT2D eigenvalue weighted by molar-refractivity contribution is 5.71. The minimum Gasteiger partial charge on any atom is -0.348 e. The van der Waals surface area contributed by atoms with Crippen molar-refractivity contribution in [1.29, 1.82) is 0 Å². The van der Waals surface area contributed by atoms with Gasteiger partial charge in [-0.25, -0.2) is 9.79 Å². The van der Waals surface area contributed by atoms with Crippen LogP contribution in [0.4, 0.5) is 4.79 Å². The van der Waals surface area contributed by atoms with Crippen molar-refractivity contribution in [2.75, 3.05) is 13.1 Å². The molecule has 0 aromatic rings. The Bertz CT molecular complexity index is 180. The minimum atomic E-state index is -0.768. The fourth-order valence-electron chi connectivity index (χ4n) is 0.736. The van der Waals surface area contributed by atoms with E-state index in [9.17, 15) is 10.0 Å². The zero-order valence-electron chi connectivity index (χ0n) is 5.32. The van der Waals surface area contributed by atoms with Crippen molar-refractivity contribution < 1.29 is 14.8 Å². The molecule has 0 saturated carbocycles. The lowest BCUT2D eigenvalue weighted by molar-refractivity contribution is -1.05. The summed E-state index contributed by atoms with van der Waals surface area (Å²) in [5.74, 6) is 0. The second-order valence-corrected chi connectivity index (χ2v) is 2.05. The summed E-state index contributed by atoms with van der Waals surface area (Å²) in [7, 11) is 0. The molecule has 1 atom stereocenters. The highest BCUT2D eigenvalue weighted by atomic mass is 16.6. The zero-order chi connectivity index (χ0) is 7.61. The Hall–Kier alpha value is -1.14. The summed E-state index contributed by atoms with van der Waals surface area (Å²) in [6.45, 7) is 0.833. The van der Waals surface area contributed by atoms with Gasteiger partial charge in [-0.3, -0.25) is 0 Å². The summed E-state index contributed by atoms with van der Waals surface area (Å²) in [5, 5.41) is 9.24. The van der Waals surface area contributed by atoms with E-state index in [0.717, 1.165) is 0 Å². The molecule has 0 aromatic carbocycles. The predicted octanol–water partition coefficient (Wildman–Crippen LogP) is -1.18. The number of carbonyl (C=O) groups is 1. The fraction of sp³-hybridized carbons (Fsp3) is 0.500. The van der Waals surface area contributed by atoms with Gasteiger partial charge in [0.1, 0.15) is 0 Å². The summed E-state index contributed by atoms with van der Waals surface area (Å²) in [4.78, 5) is 14.0. The van der Waals surface area contributed by atoms with Crippen LogP contribution < -0.4 is 11.2 Å². The van der Waals surface area contributed by atoms with Gasteiger partial charge in [-0.1, -0.05) is 0 Å². The third-order valence-electron chi connectivity index (χ3n) is 1.15. The molecule has 0 saturated heterocycles. The maximum absolute atomic E-state index is 10.2. The maximum atomic E-state index is 10.2. The molecule has 0 aromatic heterocycles. The first-order valence-electron chi connectivity index (χ1n) is 2.82. The van der Waals surface area contributed by atoms with Crippen LogP contribution in [0.25, 0.3) is 0 Å². The number of primary amides is 1. The summed E-state index contributed by atoms with van der Waals surface area (Å²) in [6, 6.07) is -0.768. The molecule has 1 heterocycles. The van der Waals surface area contributed by atoms with E-state index in [2.05, 4.69) is 10.4 Å². The Morgan fingerprint density at radius 1 is 1.90 bits per heavy atom. The van der Waals surface area contributed by atoms with Crippen molar-refractivity contribution >= 4 is 12.4 Å². The number of carbonyl (C=O) groups excluding carboxylic acids is 1. The number of hydrogen-bond donors (Lipinski definition) is 3. The van der Waals surface area contributed by atoms with E-state index in [1.54, 1.807) is 0 Å². The molecule has 0 bridgehead atoms. The molecule has 0 radical (unpaired) electrons. The molecule has 10 heavy (non-hydrogen) atoms. The summed E-state index contributed by atoms with van der Waals surface area (Å²) in [5.41, 5.74) is 6.87. The van der Waals surface area contributed by atoms with Crippen LogP contribution in [0.5, 0.6) is 0 Å². The van der Waals surface area contributed by atoms with Crippen molar-refractivity contribution in [3.05, 3.63) is 0 Å². The first kappa shape index (κ1) is 6.97. The number of urea groups is 1. The summed E-state index contributed by atoms with van der Waals surface area (Å²) < 4.78 is -0.685. The first-order valence-corrected chi connectivity index (χ1v) is 2.82. The largest absolute Gasteiger partial charge is 0.359 e. The Morgan fingerprint density at radius 3 is 3.00 bits per heavy atom. The van der Waals surface area contributed by atoms with Gasteiger partial charge in [0.05, 0.1) is 6.54 Å². The molecule has 6 heteroatoms. The number of nitrogens with two attached hydrogens (primary N) is 1. The van der Waals surface area contributed by atoms with Gasteiger partial charge >= 0.3 is 6.03 Å². The number of nitrogens with one attached hydrogen (secondary N) is 1. The molecule has 1 aliphatic rings. The minimum absolute atomic E-state index is 0.336.